The summed E-state index contributed by atoms with van der Waals surface area (Å²) in [5.74, 6) is 0.702. The van der Waals surface area contributed by atoms with Crippen molar-refractivity contribution in [1.82, 2.24) is 0 Å². The number of carbonyl (C=O) groups is 1. The Morgan fingerprint density at radius 2 is 1.92 bits per heavy atom. The van der Waals surface area contributed by atoms with Gasteiger partial charge < -0.3 is 15.0 Å². The summed E-state index contributed by atoms with van der Waals surface area (Å²) in [5, 5.41) is 12.1. The first-order valence-electron chi connectivity index (χ1n) is 7.91. The van der Waals surface area contributed by atoms with Crippen LogP contribution >= 0.6 is 0 Å². The fraction of sp³-hybridized carbons (Fsp3) is 0.263. The molecule has 24 heavy (non-hydrogen) atoms. The van der Waals surface area contributed by atoms with Gasteiger partial charge in [0.05, 0.1) is 25.3 Å². The van der Waals surface area contributed by atoms with Crippen LogP contribution in [0.1, 0.15) is 18.1 Å². The molecule has 0 aromatic heterocycles. The molecule has 5 heteroatoms. The molecule has 1 unspecified atom stereocenters. The molecular formula is C19H22N3O2+. The highest BCUT2D eigenvalue weighted by molar-refractivity contribution is 5.91. The van der Waals surface area contributed by atoms with E-state index in [0.29, 0.717) is 18.7 Å². The number of nitriles is 1. The number of quaternary nitrogens is 1. The van der Waals surface area contributed by atoms with Gasteiger partial charge in [-0.25, -0.2) is 0 Å². The van der Waals surface area contributed by atoms with E-state index in [-0.39, 0.29) is 5.91 Å². The number of nitrogens with zero attached hydrogens (tertiary/aromatic N) is 1. The van der Waals surface area contributed by atoms with Crippen molar-refractivity contribution >= 4 is 11.6 Å². The van der Waals surface area contributed by atoms with E-state index < -0.39 is 0 Å². The van der Waals surface area contributed by atoms with Gasteiger partial charge in [-0.1, -0.05) is 18.2 Å². The molecule has 0 heterocycles. The number of nitrogens with one attached hydrogen (secondary N) is 2. The molecule has 2 N–H and O–H groups in total. The molecule has 0 aliphatic carbocycles. The SMILES string of the molecule is CC[NH+](CC(=O)Nc1ccc(OC)cc1)Cc1ccccc1C#N. The van der Waals surface area contributed by atoms with Crippen LogP contribution in [0.5, 0.6) is 5.75 Å². The van der Waals surface area contributed by atoms with Gasteiger partial charge in [0.2, 0.25) is 0 Å². The predicted octanol–water partition coefficient (Wildman–Crippen LogP) is 1.61. The van der Waals surface area contributed by atoms with E-state index in [1.807, 2.05) is 49.4 Å². The minimum atomic E-state index is -0.0496. The van der Waals surface area contributed by atoms with Crippen molar-refractivity contribution in [3.63, 3.8) is 0 Å². The van der Waals surface area contributed by atoms with Gasteiger partial charge >= 0.3 is 0 Å². The second-order valence-corrected chi connectivity index (χ2v) is 5.50. The molecule has 0 saturated carbocycles. The van der Waals surface area contributed by atoms with E-state index in [9.17, 15) is 10.1 Å². The lowest BCUT2D eigenvalue weighted by Crippen LogP contribution is -3.11. The number of carbonyl (C=O) groups excluding carboxylic acids is 1. The maximum atomic E-state index is 12.3. The molecule has 0 spiro atoms. The average Bonchev–Trinajstić information content (AvgIpc) is 2.62. The summed E-state index contributed by atoms with van der Waals surface area (Å²) >= 11 is 0. The molecular weight excluding hydrogens is 302 g/mol. The average molecular weight is 324 g/mol. The third-order valence-corrected chi connectivity index (χ3v) is 3.86. The van der Waals surface area contributed by atoms with Crippen LogP contribution in [0.3, 0.4) is 0 Å². The maximum Gasteiger partial charge on any atom is 0.279 e. The molecule has 5 nitrogen and oxygen atoms in total. The summed E-state index contributed by atoms with van der Waals surface area (Å²) < 4.78 is 5.10. The quantitative estimate of drug-likeness (QED) is 0.813. The third-order valence-electron chi connectivity index (χ3n) is 3.86. The van der Waals surface area contributed by atoms with Gasteiger partial charge in [-0.2, -0.15) is 5.26 Å². The number of benzene rings is 2. The van der Waals surface area contributed by atoms with Crippen LogP contribution in [0, 0.1) is 11.3 Å². The van der Waals surface area contributed by atoms with Gasteiger partial charge in [-0.15, -0.1) is 0 Å². The Balaban J connectivity index is 1.96. The Labute approximate surface area is 142 Å². The fourth-order valence-corrected chi connectivity index (χ4v) is 2.47. The van der Waals surface area contributed by atoms with Crippen LogP contribution < -0.4 is 15.0 Å². The molecule has 2 aromatic rings. The third kappa shape index (κ3) is 4.83. The van der Waals surface area contributed by atoms with Crippen molar-refractivity contribution in [2.75, 3.05) is 25.5 Å². The number of hydrogen-bond acceptors (Lipinski definition) is 3. The van der Waals surface area contributed by atoms with Crippen molar-refractivity contribution < 1.29 is 14.4 Å². The predicted molar refractivity (Wildman–Crippen MR) is 92.9 cm³/mol. The lowest BCUT2D eigenvalue weighted by atomic mass is 10.1. The number of rotatable bonds is 7. The summed E-state index contributed by atoms with van der Waals surface area (Å²) in [7, 11) is 1.61. The Kier molecular flexibility index (Phi) is 6.35. The summed E-state index contributed by atoms with van der Waals surface area (Å²) in [4.78, 5) is 13.4. The van der Waals surface area contributed by atoms with Crippen LogP contribution in [0.15, 0.2) is 48.5 Å². The zero-order valence-corrected chi connectivity index (χ0v) is 14.0. The maximum absolute atomic E-state index is 12.3. The van der Waals surface area contributed by atoms with Crippen LogP contribution in [-0.2, 0) is 11.3 Å². The summed E-state index contributed by atoms with van der Waals surface area (Å²) in [6.07, 6.45) is 0. The lowest BCUT2D eigenvalue weighted by molar-refractivity contribution is -0.903. The second-order valence-electron chi connectivity index (χ2n) is 5.50. The molecule has 2 rings (SSSR count). The van der Waals surface area contributed by atoms with Gasteiger partial charge in [0, 0.05) is 11.3 Å². The molecule has 0 saturated heterocycles. The lowest BCUT2D eigenvalue weighted by Gasteiger charge is -2.18. The zero-order valence-electron chi connectivity index (χ0n) is 14.0. The monoisotopic (exact) mass is 324 g/mol. The van der Waals surface area contributed by atoms with Crippen molar-refractivity contribution in [1.29, 1.82) is 5.26 Å². The first kappa shape index (κ1) is 17.5. The van der Waals surface area contributed by atoms with Crippen molar-refractivity contribution in [2.45, 2.75) is 13.5 Å². The van der Waals surface area contributed by atoms with E-state index in [4.69, 9.17) is 4.74 Å². The number of ether oxygens (including phenoxy) is 1. The molecule has 124 valence electrons. The van der Waals surface area contributed by atoms with E-state index in [1.165, 1.54) is 0 Å². The topological polar surface area (TPSA) is 66.6 Å². The van der Waals surface area contributed by atoms with Crippen molar-refractivity contribution in [3.05, 3.63) is 59.7 Å². The normalized spacial score (nSPS) is 11.4. The zero-order chi connectivity index (χ0) is 17.4. The number of methoxy groups -OCH3 is 1. The molecule has 0 bridgehead atoms. The summed E-state index contributed by atoms with van der Waals surface area (Å²) in [6, 6.07) is 17.0. The van der Waals surface area contributed by atoms with E-state index >= 15 is 0 Å². The number of anilines is 1. The standard InChI is InChI=1S/C19H21N3O2/c1-3-22(13-16-7-5-4-6-15(16)12-20)14-19(23)21-17-8-10-18(24-2)11-9-17/h4-11H,3,13-14H2,1-2H3,(H,21,23)/p+1. The highest BCUT2D eigenvalue weighted by Gasteiger charge is 2.15. The van der Waals surface area contributed by atoms with Crippen LogP contribution in [0.25, 0.3) is 0 Å². The molecule has 0 aliphatic heterocycles. The first-order chi connectivity index (χ1) is 11.7. The molecule has 0 fully saturated rings. The van der Waals surface area contributed by atoms with E-state index in [1.54, 1.807) is 13.2 Å². The van der Waals surface area contributed by atoms with Gasteiger partial charge in [0.25, 0.3) is 5.91 Å². The number of hydrogen-bond donors (Lipinski definition) is 2. The van der Waals surface area contributed by atoms with Gasteiger partial charge in [0.1, 0.15) is 12.3 Å². The van der Waals surface area contributed by atoms with Gasteiger partial charge in [-0.05, 0) is 37.3 Å². The summed E-state index contributed by atoms with van der Waals surface area (Å²) in [6.45, 7) is 3.83. The highest BCUT2D eigenvalue weighted by atomic mass is 16.5. The minimum Gasteiger partial charge on any atom is -0.497 e. The second kappa shape index (κ2) is 8.70. The van der Waals surface area contributed by atoms with Crippen LogP contribution in [-0.4, -0.2) is 26.1 Å². The fourth-order valence-electron chi connectivity index (χ4n) is 2.47. The molecule has 0 aliphatic rings. The smallest absolute Gasteiger partial charge is 0.279 e. The van der Waals surface area contributed by atoms with Crippen molar-refractivity contribution in [2.24, 2.45) is 0 Å². The van der Waals surface area contributed by atoms with Crippen molar-refractivity contribution in [3.8, 4) is 11.8 Å². The van der Waals surface area contributed by atoms with Crippen LogP contribution in [0.2, 0.25) is 0 Å². The molecule has 2 aromatic carbocycles. The Morgan fingerprint density at radius 1 is 1.21 bits per heavy atom. The Bertz CT molecular complexity index is 720. The Hall–Kier alpha value is -2.84. The summed E-state index contributed by atoms with van der Waals surface area (Å²) in [5.41, 5.74) is 2.38. The van der Waals surface area contributed by atoms with Gasteiger partial charge in [0.15, 0.2) is 6.54 Å². The van der Waals surface area contributed by atoms with Crippen LogP contribution in [0.4, 0.5) is 5.69 Å². The van der Waals surface area contributed by atoms with E-state index in [0.717, 1.165) is 28.4 Å². The molecule has 1 amide bonds. The number of amides is 1. The minimum absolute atomic E-state index is 0.0496. The molecule has 1 atom stereocenters. The van der Waals surface area contributed by atoms with Gasteiger partial charge in [-0.3, -0.25) is 4.79 Å². The number of likely N-dealkylation sites (N-methyl/N-ethyl adjacent to an activating group) is 1. The highest BCUT2D eigenvalue weighted by Crippen LogP contribution is 2.14. The first-order valence-corrected chi connectivity index (χ1v) is 7.91. The Morgan fingerprint density at radius 3 is 2.54 bits per heavy atom. The largest absolute Gasteiger partial charge is 0.497 e. The van der Waals surface area contributed by atoms with E-state index in [2.05, 4.69) is 11.4 Å². The molecule has 0 radical (unpaired) electrons.